The van der Waals surface area contributed by atoms with Crippen molar-refractivity contribution in [3.63, 3.8) is 0 Å². The molecule has 0 unspecified atom stereocenters. The fourth-order valence-electron chi connectivity index (χ4n) is 2.96. The number of hydrogen-bond acceptors (Lipinski definition) is 5. The number of morpholine rings is 1. The van der Waals surface area contributed by atoms with Gasteiger partial charge in [0, 0.05) is 19.0 Å². The summed E-state index contributed by atoms with van der Waals surface area (Å²) in [4.78, 5) is 18.4. The third-order valence-electron chi connectivity index (χ3n) is 4.26. The molecule has 1 aliphatic rings. The molecule has 25 heavy (non-hydrogen) atoms. The number of carbonyl (C=O) groups is 1. The molecule has 0 saturated carbocycles. The van der Waals surface area contributed by atoms with Gasteiger partial charge in [0.2, 0.25) is 5.91 Å². The monoisotopic (exact) mass is 347 g/mol. The van der Waals surface area contributed by atoms with Crippen LogP contribution in [0.4, 0.5) is 4.39 Å². The molecule has 1 fully saturated rings. The summed E-state index contributed by atoms with van der Waals surface area (Å²) in [6, 6.07) is 5.18. The van der Waals surface area contributed by atoms with Crippen molar-refractivity contribution in [1.29, 1.82) is 0 Å². The number of benzene rings is 1. The highest BCUT2D eigenvalue weighted by molar-refractivity contribution is 5.81. The van der Waals surface area contributed by atoms with E-state index in [0.29, 0.717) is 31.1 Å². The maximum absolute atomic E-state index is 13.2. The van der Waals surface area contributed by atoms with Gasteiger partial charge >= 0.3 is 0 Å². The van der Waals surface area contributed by atoms with Gasteiger partial charge in [0.25, 0.3) is 0 Å². The van der Waals surface area contributed by atoms with Crippen LogP contribution in [0.25, 0.3) is 0 Å². The molecule has 2 aromatic rings. The molecule has 1 aromatic carbocycles. The topological polar surface area (TPSA) is 97.1 Å². The second-order valence-electron chi connectivity index (χ2n) is 6.44. The molecule has 0 aliphatic carbocycles. The second-order valence-corrected chi connectivity index (χ2v) is 6.44. The van der Waals surface area contributed by atoms with Crippen LogP contribution in [-0.4, -0.2) is 45.7 Å². The normalized spacial score (nSPS) is 19.9. The highest BCUT2D eigenvalue weighted by Crippen LogP contribution is 2.28. The molecule has 1 aliphatic heterocycles. The van der Waals surface area contributed by atoms with E-state index in [4.69, 9.17) is 10.5 Å². The minimum Gasteiger partial charge on any atom is -0.368 e. The number of nitrogens with zero attached hydrogens (tertiary/aromatic N) is 3. The van der Waals surface area contributed by atoms with Gasteiger partial charge in [-0.15, -0.1) is 0 Å². The second kappa shape index (κ2) is 7.28. The van der Waals surface area contributed by atoms with E-state index in [0.717, 1.165) is 5.82 Å². The third kappa shape index (κ3) is 3.85. The Hall–Kier alpha value is -2.32. The molecule has 3 N–H and O–H groups in total. The van der Waals surface area contributed by atoms with Crippen LogP contribution in [0.2, 0.25) is 0 Å². The Morgan fingerprint density at radius 3 is 2.72 bits per heavy atom. The lowest BCUT2D eigenvalue weighted by atomic mass is 10.0. The van der Waals surface area contributed by atoms with Gasteiger partial charge in [0.15, 0.2) is 11.6 Å². The molecule has 134 valence electrons. The van der Waals surface area contributed by atoms with Crippen molar-refractivity contribution in [2.24, 2.45) is 5.73 Å². The van der Waals surface area contributed by atoms with Crippen LogP contribution in [0.5, 0.6) is 0 Å². The summed E-state index contributed by atoms with van der Waals surface area (Å²) in [5.41, 5.74) is 6.28. The maximum Gasteiger partial charge on any atom is 0.239 e. The van der Waals surface area contributed by atoms with Crippen molar-refractivity contribution in [3.8, 4) is 0 Å². The van der Waals surface area contributed by atoms with E-state index in [2.05, 4.69) is 15.2 Å². The number of halogens is 1. The number of nitrogens with two attached hydrogens (primary N) is 1. The van der Waals surface area contributed by atoms with E-state index in [1.165, 1.54) is 12.1 Å². The first-order valence-electron chi connectivity index (χ1n) is 8.28. The van der Waals surface area contributed by atoms with Gasteiger partial charge < -0.3 is 10.5 Å². The molecule has 1 aromatic heterocycles. The van der Waals surface area contributed by atoms with Crippen LogP contribution in [0.1, 0.15) is 49.1 Å². The van der Waals surface area contributed by atoms with Gasteiger partial charge in [-0.3, -0.25) is 14.8 Å². The lowest BCUT2D eigenvalue weighted by Crippen LogP contribution is -2.45. The number of aromatic amines is 1. The lowest BCUT2D eigenvalue weighted by molar-refractivity contribution is -0.127. The van der Waals surface area contributed by atoms with Gasteiger partial charge in [-0.25, -0.2) is 9.37 Å². The van der Waals surface area contributed by atoms with Gasteiger partial charge in [-0.05, 0) is 17.7 Å². The van der Waals surface area contributed by atoms with Crippen LogP contribution < -0.4 is 5.73 Å². The highest BCUT2D eigenvalue weighted by atomic mass is 19.1. The Balaban J connectivity index is 1.80. The first kappa shape index (κ1) is 17.5. The number of amides is 1. The standard InChI is InChI=1S/C17H22FN5O2/c1-10(2)16-20-17(22-21-16)13-9-23(7-8-25-13)14(15(19)24)11-3-5-12(18)6-4-11/h3-6,10,13-14H,7-9H2,1-2H3,(H2,19,24)(H,20,21,22)/t13-,14+/m0/s1. The SMILES string of the molecule is CC(C)c1n[nH]c([C@@H]2CN([C@@H](C(N)=O)c3ccc(F)cc3)CCO2)n1. The van der Waals surface area contributed by atoms with Gasteiger partial charge in [-0.2, -0.15) is 5.10 Å². The summed E-state index contributed by atoms with van der Waals surface area (Å²) in [5, 5.41) is 7.11. The molecule has 0 bridgehead atoms. The molecule has 1 saturated heterocycles. The molecular weight excluding hydrogens is 325 g/mol. The van der Waals surface area contributed by atoms with Crippen molar-refractivity contribution in [1.82, 2.24) is 20.1 Å². The largest absolute Gasteiger partial charge is 0.368 e. The van der Waals surface area contributed by atoms with Crippen molar-refractivity contribution in [2.75, 3.05) is 19.7 Å². The fraction of sp³-hybridized carbons (Fsp3) is 0.471. The van der Waals surface area contributed by atoms with Crippen LogP contribution >= 0.6 is 0 Å². The maximum atomic E-state index is 13.2. The Labute approximate surface area is 145 Å². The highest BCUT2D eigenvalue weighted by Gasteiger charge is 2.33. The molecular formula is C17H22FN5O2. The van der Waals surface area contributed by atoms with Crippen LogP contribution in [0, 0.1) is 5.82 Å². The number of rotatable bonds is 5. The summed E-state index contributed by atoms with van der Waals surface area (Å²) >= 11 is 0. The summed E-state index contributed by atoms with van der Waals surface area (Å²) in [6.07, 6.45) is -0.323. The van der Waals surface area contributed by atoms with Crippen molar-refractivity contribution >= 4 is 5.91 Å². The van der Waals surface area contributed by atoms with E-state index in [9.17, 15) is 9.18 Å². The van der Waals surface area contributed by atoms with Gasteiger partial charge in [-0.1, -0.05) is 26.0 Å². The van der Waals surface area contributed by atoms with E-state index in [1.807, 2.05) is 18.7 Å². The summed E-state index contributed by atoms with van der Waals surface area (Å²) in [7, 11) is 0. The molecule has 2 heterocycles. The molecule has 3 rings (SSSR count). The van der Waals surface area contributed by atoms with E-state index < -0.39 is 11.9 Å². The van der Waals surface area contributed by atoms with Gasteiger partial charge in [0.1, 0.15) is 18.0 Å². The predicted molar refractivity (Wildman–Crippen MR) is 89.1 cm³/mol. The molecule has 2 atom stereocenters. The minimum atomic E-state index is -0.639. The number of carbonyl (C=O) groups excluding carboxylic acids is 1. The van der Waals surface area contributed by atoms with Crippen LogP contribution in [0.15, 0.2) is 24.3 Å². The first-order valence-corrected chi connectivity index (χ1v) is 8.28. The number of H-pyrrole nitrogens is 1. The number of primary amides is 1. The quantitative estimate of drug-likeness (QED) is 0.857. The summed E-state index contributed by atoms with van der Waals surface area (Å²) in [6.45, 7) is 5.45. The smallest absolute Gasteiger partial charge is 0.239 e. The molecule has 0 spiro atoms. The minimum absolute atomic E-state index is 0.210. The zero-order valence-electron chi connectivity index (χ0n) is 14.3. The summed E-state index contributed by atoms with van der Waals surface area (Å²) in [5.74, 6) is 0.737. The Bertz CT molecular complexity index is 731. The number of nitrogens with one attached hydrogen (secondary N) is 1. The third-order valence-corrected chi connectivity index (χ3v) is 4.26. The average Bonchev–Trinajstić information content (AvgIpc) is 3.07. The lowest BCUT2D eigenvalue weighted by Gasteiger charge is -2.36. The molecule has 0 radical (unpaired) electrons. The number of aromatic nitrogens is 3. The van der Waals surface area contributed by atoms with Gasteiger partial charge in [0.05, 0.1) is 6.61 Å². The van der Waals surface area contributed by atoms with E-state index >= 15 is 0 Å². The van der Waals surface area contributed by atoms with Crippen molar-refractivity contribution in [3.05, 3.63) is 47.3 Å². The van der Waals surface area contributed by atoms with Crippen molar-refractivity contribution < 1.29 is 13.9 Å². The van der Waals surface area contributed by atoms with E-state index in [1.54, 1.807) is 12.1 Å². The van der Waals surface area contributed by atoms with Crippen LogP contribution in [0.3, 0.4) is 0 Å². The van der Waals surface area contributed by atoms with E-state index in [-0.39, 0.29) is 17.8 Å². The molecule has 7 nitrogen and oxygen atoms in total. The number of hydrogen-bond donors (Lipinski definition) is 2. The molecule has 1 amide bonds. The average molecular weight is 347 g/mol. The number of ether oxygens (including phenoxy) is 1. The fourth-order valence-corrected chi connectivity index (χ4v) is 2.96. The Kier molecular flexibility index (Phi) is 5.10. The summed E-state index contributed by atoms with van der Waals surface area (Å²) < 4.78 is 19.0. The van der Waals surface area contributed by atoms with Crippen LogP contribution in [-0.2, 0) is 9.53 Å². The predicted octanol–water partition coefficient (Wildman–Crippen LogP) is 1.67. The Morgan fingerprint density at radius 1 is 1.40 bits per heavy atom. The first-order chi connectivity index (χ1) is 12.0. The zero-order chi connectivity index (χ0) is 18.0. The van der Waals surface area contributed by atoms with Crippen molar-refractivity contribution in [2.45, 2.75) is 31.9 Å². The molecule has 8 heteroatoms. The Morgan fingerprint density at radius 2 is 2.12 bits per heavy atom. The zero-order valence-corrected chi connectivity index (χ0v) is 14.3.